The average Bonchev–Trinajstić information content (AvgIpc) is 2.89. The summed E-state index contributed by atoms with van der Waals surface area (Å²) in [5, 5.41) is 16.6. The van der Waals surface area contributed by atoms with Crippen LogP contribution in [0, 0.1) is 13.8 Å². The molecule has 1 saturated carbocycles. The average molecular weight is 316 g/mol. The van der Waals surface area contributed by atoms with Gasteiger partial charge in [0.05, 0.1) is 17.0 Å². The fourth-order valence-electron chi connectivity index (χ4n) is 3.22. The number of rotatable bonds is 3. The van der Waals surface area contributed by atoms with Gasteiger partial charge < -0.3 is 10.4 Å². The quantitative estimate of drug-likeness (QED) is 0.901. The summed E-state index contributed by atoms with van der Waals surface area (Å²) in [5.74, 6) is -1.37. The Morgan fingerprint density at radius 3 is 2.61 bits per heavy atom. The SMILES string of the molecule is Cc1cc2ncc(C(=O)NC3(C(=O)O)CCCCC3)c(C)n2n1. The number of fused-ring (bicyclic) bond motifs is 1. The van der Waals surface area contributed by atoms with Crippen molar-refractivity contribution in [2.24, 2.45) is 0 Å². The van der Waals surface area contributed by atoms with E-state index in [4.69, 9.17) is 0 Å². The lowest BCUT2D eigenvalue weighted by Crippen LogP contribution is -2.55. The minimum Gasteiger partial charge on any atom is -0.480 e. The van der Waals surface area contributed by atoms with Crippen LogP contribution in [0.5, 0.6) is 0 Å². The van der Waals surface area contributed by atoms with Crippen molar-refractivity contribution >= 4 is 17.5 Å². The number of carbonyl (C=O) groups is 2. The number of aryl methyl sites for hydroxylation is 2. The van der Waals surface area contributed by atoms with E-state index in [1.54, 1.807) is 11.4 Å². The van der Waals surface area contributed by atoms with Gasteiger partial charge in [0, 0.05) is 12.3 Å². The van der Waals surface area contributed by atoms with E-state index >= 15 is 0 Å². The summed E-state index contributed by atoms with van der Waals surface area (Å²) in [5.41, 5.74) is 1.31. The molecule has 0 radical (unpaired) electrons. The molecule has 0 atom stereocenters. The molecule has 1 aliphatic carbocycles. The lowest BCUT2D eigenvalue weighted by Gasteiger charge is -2.34. The minimum atomic E-state index is -1.17. The molecule has 1 amide bonds. The fraction of sp³-hybridized carbons (Fsp3) is 0.500. The van der Waals surface area contributed by atoms with Crippen molar-refractivity contribution in [3.05, 3.63) is 29.2 Å². The first-order valence-electron chi connectivity index (χ1n) is 7.81. The summed E-state index contributed by atoms with van der Waals surface area (Å²) >= 11 is 0. The largest absolute Gasteiger partial charge is 0.480 e. The van der Waals surface area contributed by atoms with Crippen molar-refractivity contribution < 1.29 is 14.7 Å². The number of nitrogens with zero attached hydrogens (tertiary/aromatic N) is 3. The smallest absolute Gasteiger partial charge is 0.329 e. The van der Waals surface area contributed by atoms with E-state index in [-0.39, 0.29) is 0 Å². The van der Waals surface area contributed by atoms with Crippen LogP contribution < -0.4 is 5.32 Å². The summed E-state index contributed by atoms with van der Waals surface area (Å²) in [7, 11) is 0. The Hall–Kier alpha value is -2.44. The van der Waals surface area contributed by atoms with Crippen molar-refractivity contribution in [1.29, 1.82) is 0 Å². The van der Waals surface area contributed by atoms with Crippen LogP contribution in [0.2, 0.25) is 0 Å². The summed E-state index contributed by atoms with van der Waals surface area (Å²) in [6, 6.07) is 1.83. The number of carboxylic acid groups (broad SMARTS) is 1. The summed E-state index contributed by atoms with van der Waals surface area (Å²) in [4.78, 5) is 28.6. The molecule has 3 rings (SSSR count). The van der Waals surface area contributed by atoms with Gasteiger partial charge in [-0.3, -0.25) is 4.79 Å². The van der Waals surface area contributed by atoms with Gasteiger partial charge in [-0.05, 0) is 26.7 Å². The van der Waals surface area contributed by atoms with Gasteiger partial charge in [-0.25, -0.2) is 14.3 Å². The molecule has 0 unspecified atom stereocenters. The molecule has 23 heavy (non-hydrogen) atoms. The third-order valence-corrected chi connectivity index (χ3v) is 4.56. The molecule has 2 heterocycles. The second-order valence-electron chi connectivity index (χ2n) is 6.22. The first-order valence-corrected chi connectivity index (χ1v) is 7.81. The van der Waals surface area contributed by atoms with E-state index in [0.29, 0.717) is 29.7 Å². The highest BCUT2D eigenvalue weighted by atomic mass is 16.4. The molecule has 0 spiro atoms. The number of nitrogens with one attached hydrogen (secondary N) is 1. The van der Waals surface area contributed by atoms with Crippen LogP contribution in [-0.2, 0) is 4.79 Å². The first kappa shape index (κ1) is 15.5. The summed E-state index contributed by atoms with van der Waals surface area (Å²) in [6.07, 6.45) is 5.03. The van der Waals surface area contributed by atoms with Crippen molar-refractivity contribution in [1.82, 2.24) is 19.9 Å². The Morgan fingerprint density at radius 1 is 1.26 bits per heavy atom. The van der Waals surface area contributed by atoms with Gasteiger partial charge >= 0.3 is 5.97 Å². The molecule has 0 saturated heterocycles. The van der Waals surface area contributed by atoms with Gasteiger partial charge in [-0.2, -0.15) is 5.10 Å². The molecule has 0 aromatic carbocycles. The number of hydrogen-bond acceptors (Lipinski definition) is 4. The predicted octanol–water partition coefficient (Wildman–Crippen LogP) is 1.86. The number of hydrogen-bond donors (Lipinski definition) is 2. The highest BCUT2D eigenvalue weighted by Crippen LogP contribution is 2.29. The van der Waals surface area contributed by atoms with Crippen molar-refractivity contribution in [2.45, 2.75) is 51.5 Å². The van der Waals surface area contributed by atoms with Crippen molar-refractivity contribution in [3.8, 4) is 0 Å². The topological polar surface area (TPSA) is 96.6 Å². The van der Waals surface area contributed by atoms with E-state index in [2.05, 4.69) is 15.4 Å². The van der Waals surface area contributed by atoms with Gasteiger partial charge in [0.1, 0.15) is 5.54 Å². The fourth-order valence-corrected chi connectivity index (χ4v) is 3.22. The Morgan fingerprint density at radius 2 is 1.96 bits per heavy atom. The van der Waals surface area contributed by atoms with Gasteiger partial charge in [-0.1, -0.05) is 19.3 Å². The zero-order valence-electron chi connectivity index (χ0n) is 13.3. The van der Waals surface area contributed by atoms with Crippen LogP contribution in [0.3, 0.4) is 0 Å². The number of aromatic nitrogens is 3. The van der Waals surface area contributed by atoms with E-state index in [1.807, 2.05) is 13.0 Å². The third-order valence-electron chi connectivity index (χ3n) is 4.56. The highest BCUT2D eigenvalue weighted by molar-refractivity contribution is 5.98. The highest BCUT2D eigenvalue weighted by Gasteiger charge is 2.41. The van der Waals surface area contributed by atoms with Gasteiger partial charge in [0.25, 0.3) is 5.91 Å². The Labute approximate surface area is 133 Å². The van der Waals surface area contributed by atoms with E-state index in [9.17, 15) is 14.7 Å². The number of aliphatic carboxylic acids is 1. The lowest BCUT2D eigenvalue weighted by atomic mass is 9.81. The van der Waals surface area contributed by atoms with Gasteiger partial charge in [-0.15, -0.1) is 0 Å². The van der Waals surface area contributed by atoms with Gasteiger partial charge in [0.2, 0.25) is 0 Å². The predicted molar refractivity (Wildman–Crippen MR) is 83.4 cm³/mol. The Bertz CT molecular complexity index is 775. The summed E-state index contributed by atoms with van der Waals surface area (Å²) < 4.78 is 1.61. The normalized spacial score (nSPS) is 17.1. The molecule has 2 aromatic heterocycles. The van der Waals surface area contributed by atoms with Crippen LogP contribution in [0.15, 0.2) is 12.3 Å². The van der Waals surface area contributed by atoms with Crippen LogP contribution in [0.1, 0.15) is 53.8 Å². The molecule has 122 valence electrons. The maximum absolute atomic E-state index is 12.6. The zero-order valence-corrected chi connectivity index (χ0v) is 13.3. The number of carbonyl (C=O) groups excluding carboxylic acids is 1. The second-order valence-corrected chi connectivity index (χ2v) is 6.22. The van der Waals surface area contributed by atoms with Crippen LogP contribution in [-0.4, -0.2) is 37.1 Å². The maximum Gasteiger partial charge on any atom is 0.329 e. The minimum absolute atomic E-state index is 0.354. The monoisotopic (exact) mass is 316 g/mol. The molecule has 1 aliphatic rings. The molecular weight excluding hydrogens is 296 g/mol. The molecular formula is C16H20N4O3. The van der Waals surface area contributed by atoms with E-state index in [0.717, 1.165) is 25.0 Å². The van der Waals surface area contributed by atoms with E-state index in [1.165, 1.54) is 6.20 Å². The zero-order chi connectivity index (χ0) is 16.6. The Balaban J connectivity index is 1.93. The molecule has 7 nitrogen and oxygen atoms in total. The molecule has 1 fully saturated rings. The van der Waals surface area contributed by atoms with Gasteiger partial charge in [0.15, 0.2) is 5.65 Å². The number of carboxylic acids is 1. The standard InChI is InChI=1S/C16H20N4O3/c1-10-8-13-17-9-12(11(2)20(13)19-10)14(21)18-16(15(22)23)6-4-3-5-7-16/h8-9H,3-7H2,1-2H3,(H,18,21)(H,22,23). The third kappa shape index (κ3) is 2.67. The molecule has 7 heteroatoms. The lowest BCUT2D eigenvalue weighted by molar-refractivity contribution is -0.145. The maximum atomic E-state index is 12.6. The van der Waals surface area contributed by atoms with Crippen LogP contribution in [0.4, 0.5) is 0 Å². The number of amides is 1. The van der Waals surface area contributed by atoms with Crippen LogP contribution in [0.25, 0.3) is 5.65 Å². The van der Waals surface area contributed by atoms with Crippen LogP contribution >= 0.6 is 0 Å². The molecule has 2 N–H and O–H groups in total. The Kier molecular flexibility index (Phi) is 3.79. The second kappa shape index (κ2) is 5.64. The summed E-state index contributed by atoms with van der Waals surface area (Å²) in [6.45, 7) is 3.64. The van der Waals surface area contributed by atoms with Crippen molar-refractivity contribution in [2.75, 3.05) is 0 Å². The first-order chi connectivity index (χ1) is 10.9. The van der Waals surface area contributed by atoms with E-state index < -0.39 is 17.4 Å². The molecule has 2 aromatic rings. The molecule has 0 aliphatic heterocycles. The molecule has 0 bridgehead atoms. The van der Waals surface area contributed by atoms with Crippen molar-refractivity contribution in [3.63, 3.8) is 0 Å².